The summed E-state index contributed by atoms with van der Waals surface area (Å²) in [5.74, 6) is 0.626. The van der Waals surface area contributed by atoms with Gasteiger partial charge in [0.25, 0.3) is 11.5 Å². The number of hydrogen-bond donors (Lipinski definition) is 0. The molecule has 0 N–H and O–H groups in total. The second kappa shape index (κ2) is 7.00. The number of rotatable bonds is 4. The number of aromatic nitrogens is 2. The Labute approximate surface area is 160 Å². The first kappa shape index (κ1) is 17.5. The van der Waals surface area contributed by atoms with Gasteiger partial charge in [-0.1, -0.05) is 12.1 Å². The van der Waals surface area contributed by atoms with Gasteiger partial charge in [0.05, 0.1) is 25.4 Å². The normalized spacial score (nSPS) is 13.4. The summed E-state index contributed by atoms with van der Waals surface area (Å²) in [6.45, 7) is 5.19. The molecule has 4 rings (SSSR count). The summed E-state index contributed by atoms with van der Waals surface area (Å²) in [5.41, 5.74) is 1.59. The summed E-state index contributed by atoms with van der Waals surface area (Å²) in [6.07, 6.45) is 3.90. The smallest absolute Gasteiger partial charge is 0.262 e. The maximum absolute atomic E-state index is 12.9. The van der Waals surface area contributed by atoms with Gasteiger partial charge in [-0.2, -0.15) is 0 Å². The van der Waals surface area contributed by atoms with Crippen molar-refractivity contribution >= 4 is 27.5 Å². The number of carbonyl (C=O) groups is 1. The molecule has 1 aromatic carbocycles. The molecule has 0 atom stereocenters. The molecule has 7 heteroatoms. The van der Waals surface area contributed by atoms with E-state index < -0.39 is 0 Å². The predicted octanol–water partition coefficient (Wildman–Crippen LogP) is 2.85. The molecule has 0 aliphatic carbocycles. The second-order valence-corrected chi connectivity index (χ2v) is 7.47. The van der Waals surface area contributed by atoms with Crippen LogP contribution in [-0.2, 0) is 19.5 Å². The molecule has 0 radical (unpaired) electrons. The highest BCUT2D eigenvalue weighted by Crippen LogP contribution is 2.32. The number of methoxy groups -OCH3 is 1. The zero-order chi connectivity index (χ0) is 19.0. The van der Waals surface area contributed by atoms with Crippen LogP contribution in [0.1, 0.15) is 20.8 Å². The van der Waals surface area contributed by atoms with Crippen molar-refractivity contribution < 1.29 is 9.53 Å². The van der Waals surface area contributed by atoms with Crippen molar-refractivity contribution in [3.63, 3.8) is 0 Å². The van der Waals surface area contributed by atoms with E-state index >= 15 is 0 Å². The molecule has 138 valence electrons. The summed E-state index contributed by atoms with van der Waals surface area (Å²) in [4.78, 5) is 33.6. The van der Waals surface area contributed by atoms with Crippen LogP contribution in [0.5, 0.6) is 5.75 Å². The minimum Gasteiger partial charge on any atom is -0.497 e. The quantitative estimate of drug-likeness (QED) is 0.652. The van der Waals surface area contributed by atoms with E-state index in [0.29, 0.717) is 42.8 Å². The zero-order valence-electron chi connectivity index (χ0n) is 15.0. The molecule has 3 heterocycles. The van der Waals surface area contributed by atoms with Crippen LogP contribution in [-0.4, -0.2) is 34.0 Å². The first-order valence-electron chi connectivity index (χ1n) is 8.66. The van der Waals surface area contributed by atoms with Gasteiger partial charge in [-0.3, -0.25) is 14.2 Å². The lowest BCUT2D eigenvalue weighted by atomic mass is 10.0. The Morgan fingerprint density at radius 2 is 2.30 bits per heavy atom. The molecule has 27 heavy (non-hydrogen) atoms. The number of ether oxygens (including phenoxy) is 1. The SMILES string of the molecule is C=CCn1cnc2sc3c(c2c1=O)CCN(C(=O)c1cccc(OC)c1)C3. The van der Waals surface area contributed by atoms with Crippen LogP contribution in [0.25, 0.3) is 10.2 Å². The fourth-order valence-corrected chi connectivity index (χ4v) is 4.59. The second-order valence-electron chi connectivity index (χ2n) is 6.38. The number of hydrogen-bond acceptors (Lipinski definition) is 5. The third-order valence-corrected chi connectivity index (χ3v) is 5.88. The maximum Gasteiger partial charge on any atom is 0.262 e. The summed E-state index contributed by atoms with van der Waals surface area (Å²) in [7, 11) is 1.58. The molecule has 0 saturated heterocycles. The monoisotopic (exact) mass is 381 g/mol. The molecule has 1 amide bonds. The van der Waals surface area contributed by atoms with Crippen LogP contribution < -0.4 is 10.3 Å². The lowest BCUT2D eigenvalue weighted by molar-refractivity contribution is 0.0737. The van der Waals surface area contributed by atoms with Crippen molar-refractivity contribution in [2.45, 2.75) is 19.5 Å². The largest absolute Gasteiger partial charge is 0.497 e. The zero-order valence-corrected chi connectivity index (χ0v) is 15.8. The molecule has 0 bridgehead atoms. The number of allylic oxidation sites excluding steroid dienone is 1. The highest BCUT2D eigenvalue weighted by molar-refractivity contribution is 7.18. The van der Waals surface area contributed by atoms with Gasteiger partial charge in [0, 0.05) is 23.5 Å². The number of thiophene rings is 1. The van der Waals surface area contributed by atoms with Crippen LogP contribution in [0.4, 0.5) is 0 Å². The third-order valence-electron chi connectivity index (χ3n) is 4.76. The fraction of sp³-hybridized carbons (Fsp3) is 0.250. The number of nitrogens with zero attached hydrogens (tertiary/aromatic N) is 3. The summed E-state index contributed by atoms with van der Waals surface area (Å²) >= 11 is 1.50. The average molecular weight is 381 g/mol. The third kappa shape index (κ3) is 3.04. The van der Waals surface area contributed by atoms with Gasteiger partial charge in [-0.25, -0.2) is 4.98 Å². The Kier molecular flexibility index (Phi) is 4.53. The van der Waals surface area contributed by atoms with Crippen LogP contribution in [0.3, 0.4) is 0 Å². The highest BCUT2D eigenvalue weighted by Gasteiger charge is 2.27. The first-order valence-corrected chi connectivity index (χ1v) is 9.48. The average Bonchev–Trinajstić information content (AvgIpc) is 3.08. The lowest BCUT2D eigenvalue weighted by Crippen LogP contribution is -2.35. The summed E-state index contributed by atoms with van der Waals surface area (Å²) < 4.78 is 6.78. The maximum atomic E-state index is 12.9. The van der Waals surface area contributed by atoms with Crippen molar-refractivity contribution in [2.24, 2.45) is 0 Å². The molecule has 1 aliphatic rings. The molecule has 0 saturated carbocycles. The number of amides is 1. The van der Waals surface area contributed by atoms with Gasteiger partial charge in [-0.05, 0) is 30.2 Å². The van der Waals surface area contributed by atoms with Gasteiger partial charge in [0.1, 0.15) is 10.6 Å². The molecule has 3 aromatic rings. The molecule has 2 aromatic heterocycles. The molecule has 6 nitrogen and oxygen atoms in total. The number of carbonyl (C=O) groups excluding carboxylic acids is 1. The lowest BCUT2D eigenvalue weighted by Gasteiger charge is -2.27. The van der Waals surface area contributed by atoms with Crippen molar-refractivity contribution in [1.82, 2.24) is 14.5 Å². The van der Waals surface area contributed by atoms with E-state index in [4.69, 9.17) is 4.74 Å². The molecular formula is C20H19N3O3S. The molecular weight excluding hydrogens is 362 g/mol. The molecule has 0 unspecified atom stereocenters. The van der Waals surface area contributed by atoms with Gasteiger partial charge in [0.2, 0.25) is 0 Å². The van der Waals surface area contributed by atoms with Crippen molar-refractivity contribution in [3.05, 3.63) is 69.6 Å². The minimum absolute atomic E-state index is 0.0333. The Morgan fingerprint density at radius 1 is 1.44 bits per heavy atom. The molecule has 1 aliphatic heterocycles. The Morgan fingerprint density at radius 3 is 3.07 bits per heavy atom. The van der Waals surface area contributed by atoms with E-state index in [2.05, 4.69) is 11.6 Å². The Bertz CT molecular complexity index is 1100. The van der Waals surface area contributed by atoms with Crippen LogP contribution in [0, 0.1) is 0 Å². The van der Waals surface area contributed by atoms with E-state index in [1.807, 2.05) is 17.0 Å². The Hall–Kier alpha value is -2.93. The van der Waals surface area contributed by atoms with Gasteiger partial charge in [-0.15, -0.1) is 17.9 Å². The van der Waals surface area contributed by atoms with Crippen molar-refractivity contribution in [3.8, 4) is 5.75 Å². The predicted molar refractivity (Wildman–Crippen MR) is 106 cm³/mol. The van der Waals surface area contributed by atoms with E-state index in [1.54, 1.807) is 36.2 Å². The van der Waals surface area contributed by atoms with Crippen LogP contribution in [0.15, 0.2) is 48.0 Å². The fourth-order valence-electron chi connectivity index (χ4n) is 3.40. The minimum atomic E-state index is -0.0371. The van der Waals surface area contributed by atoms with Gasteiger partial charge >= 0.3 is 0 Å². The number of fused-ring (bicyclic) bond motifs is 3. The van der Waals surface area contributed by atoms with Gasteiger partial charge in [0.15, 0.2) is 0 Å². The molecule has 0 fully saturated rings. The summed E-state index contributed by atoms with van der Waals surface area (Å²) in [6, 6.07) is 7.17. The van der Waals surface area contributed by atoms with E-state index in [-0.39, 0.29) is 11.5 Å². The first-order chi connectivity index (χ1) is 13.1. The van der Waals surface area contributed by atoms with Crippen molar-refractivity contribution in [1.29, 1.82) is 0 Å². The Balaban J connectivity index is 1.67. The van der Waals surface area contributed by atoms with Crippen molar-refractivity contribution in [2.75, 3.05) is 13.7 Å². The number of benzene rings is 1. The van der Waals surface area contributed by atoms with Crippen LogP contribution in [0.2, 0.25) is 0 Å². The van der Waals surface area contributed by atoms with E-state index in [9.17, 15) is 9.59 Å². The molecule has 0 spiro atoms. The highest BCUT2D eigenvalue weighted by atomic mass is 32.1. The summed E-state index contributed by atoms with van der Waals surface area (Å²) in [5, 5.41) is 0.688. The van der Waals surface area contributed by atoms with Gasteiger partial charge < -0.3 is 9.64 Å². The topological polar surface area (TPSA) is 64.4 Å². The van der Waals surface area contributed by atoms with E-state index in [0.717, 1.165) is 15.3 Å². The van der Waals surface area contributed by atoms with Crippen LogP contribution >= 0.6 is 11.3 Å². The van der Waals surface area contributed by atoms with E-state index in [1.165, 1.54) is 11.3 Å². The standard InChI is InChI=1S/C20H19N3O3S/c1-3-8-23-12-21-18-17(20(23)25)15-7-9-22(11-16(15)27-18)19(24)13-5-4-6-14(10-13)26-2/h3-6,10,12H,1,7-9,11H2,2H3.